The van der Waals surface area contributed by atoms with Gasteiger partial charge in [-0.25, -0.2) is 0 Å². The summed E-state index contributed by atoms with van der Waals surface area (Å²) in [5.41, 5.74) is 0. The molecule has 0 N–H and O–H groups in total. The van der Waals surface area contributed by atoms with Crippen molar-refractivity contribution in [3.05, 3.63) is 0 Å². The first-order valence-corrected chi connectivity index (χ1v) is 10.7. The summed E-state index contributed by atoms with van der Waals surface area (Å²) in [5, 5.41) is 2.58. The molecule has 0 saturated carbocycles. The molecule has 0 atom stereocenters. The molecule has 0 nitrogen and oxygen atoms in total. The van der Waals surface area contributed by atoms with Crippen LogP contribution in [-0.2, 0) is 12.9 Å². The van der Waals surface area contributed by atoms with Crippen molar-refractivity contribution in [2.24, 2.45) is 11.8 Å². The van der Waals surface area contributed by atoms with E-state index in [4.69, 9.17) is 30.3 Å². The monoisotopic (exact) mass is 305 g/mol. The van der Waals surface area contributed by atoms with E-state index in [-0.39, 0.29) is 0 Å². The molecular formula is C8H18AlCl3Co. The van der Waals surface area contributed by atoms with E-state index >= 15 is 0 Å². The van der Waals surface area contributed by atoms with Gasteiger partial charge in [-0.15, -0.1) is 0 Å². The van der Waals surface area contributed by atoms with E-state index in [0.29, 0.717) is 12.9 Å². The van der Waals surface area contributed by atoms with Crippen molar-refractivity contribution in [2.45, 2.75) is 38.3 Å². The molecule has 83 valence electrons. The van der Waals surface area contributed by atoms with Crippen molar-refractivity contribution >= 4 is 43.6 Å². The summed E-state index contributed by atoms with van der Waals surface area (Å²) < 4.78 is 0. The topological polar surface area (TPSA) is 0 Å². The third-order valence-corrected chi connectivity index (χ3v) is 5.43. The Morgan fingerprint density at radius 1 is 1.00 bits per heavy atom. The molecule has 13 heavy (non-hydrogen) atoms. The standard InChI is InChI=1S/2C4H9.Al.3ClH.Co/c2*1-4(2)3;;;;;/h2*4H,1H2,2-3H3;;3*1H;/q;;+1;;;;+2/p-3. The van der Waals surface area contributed by atoms with Crippen molar-refractivity contribution in [2.75, 3.05) is 0 Å². The molecule has 0 bridgehead atoms. The minimum absolute atomic E-state index is 0.382. The number of halogens is 3. The quantitative estimate of drug-likeness (QED) is 0.648. The van der Waals surface area contributed by atoms with Gasteiger partial charge in [-0.2, -0.15) is 0 Å². The molecule has 0 aliphatic rings. The second-order valence-corrected chi connectivity index (χ2v) is 9.61. The summed E-state index contributed by atoms with van der Waals surface area (Å²) >= 11 is -0.464. The average molecular weight is 307 g/mol. The Kier molecular flexibility index (Phi) is 16.0. The van der Waals surface area contributed by atoms with E-state index in [0.717, 1.165) is 11.8 Å². The van der Waals surface area contributed by atoms with Gasteiger partial charge in [-0.05, 0) is 0 Å². The summed E-state index contributed by atoms with van der Waals surface area (Å²) in [6.45, 7) is 9.01. The molecule has 0 aliphatic carbocycles. The summed E-state index contributed by atoms with van der Waals surface area (Å²) in [4.78, 5) is 0. The summed E-state index contributed by atoms with van der Waals surface area (Å²) in [5.74, 6) is 1.60. The molecular weight excluding hydrogens is 288 g/mol. The molecule has 0 heterocycles. The van der Waals surface area contributed by atoms with Crippen LogP contribution in [0.25, 0.3) is 0 Å². The molecule has 0 aromatic rings. The van der Waals surface area contributed by atoms with Gasteiger partial charge < -0.3 is 0 Å². The Labute approximate surface area is 106 Å². The van der Waals surface area contributed by atoms with E-state index in [9.17, 15) is 0 Å². The second-order valence-electron chi connectivity index (χ2n) is 3.90. The zero-order valence-electron chi connectivity index (χ0n) is 8.61. The Hall–Kier alpha value is 1.91. The third kappa shape index (κ3) is 20.1. The van der Waals surface area contributed by atoms with E-state index in [2.05, 4.69) is 27.7 Å². The Morgan fingerprint density at radius 2 is 1.23 bits per heavy atom. The van der Waals surface area contributed by atoms with Crippen LogP contribution in [-0.4, -0.2) is 13.2 Å². The molecule has 0 aromatic carbocycles. The van der Waals surface area contributed by atoms with Gasteiger partial charge in [0.05, 0.1) is 0 Å². The van der Waals surface area contributed by atoms with Gasteiger partial charge in [0, 0.05) is 0 Å². The minimum atomic E-state index is -0.846. The Morgan fingerprint density at radius 3 is 1.38 bits per heavy atom. The van der Waals surface area contributed by atoms with Crippen LogP contribution >= 0.6 is 30.3 Å². The molecule has 0 unspecified atom stereocenters. The molecule has 0 rings (SSSR count). The Bertz CT molecular complexity index is 91.4. The first-order chi connectivity index (χ1) is 5.93. The van der Waals surface area contributed by atoms with Gasteiger partial charge in [0.2, 0.25) is 0 Å². The van der Waals surface area contributed by atoms with E-state index in [1.54, 1.807) is 0 Å². The van der Waals surface area contributed by atoms with Crippen LogP contribution in [0.15, 0.2) is 0 Å². The molecule has 5 heteroatoms. The summed E-state index contributed by atoms with van der Waals surface area (Å²) in [6, 6.07) is 0. The van der Waals surface area contributed by atoms with Gasteiger partial charge in [-0.1, -0.05) is 50.1 Å². The second kappa shape index (κ2) is 12.0. The van der Waals surface area contributed by atoms with Crippen molar-refractivity contribution in [1.82, 2.24) is 0 Å². The van der Waals surface area contributed by atoms with Crippen molar-refractivity contribution in [3.8, 4) is 0 Å². The van der Waals surface area contributed by atoms with Crippen molar-refractivity contribution in [1.29, 1.82) is 0 Å². The normalized spacial score (nSPS) is 10.2. The Balaban J connectivity index is 0. The molecule has 0 amide bonds. The van der Waals surface area contributed by atoms with Crippen molar-refractivity contribution in [3.63, 3.8) is 0 Å². The third-order valence-electron chi connectivity index (χ3n) is 1.45. The summed E-state index contributed by atoms with van der Waals surface area (Å²) in [7, 11) is 15.7. The van der Waals surface area contributed by atoms with Crippen LogP contribution in [0.3, 0.4) is 0 Å². The molecule has 0 radical (unpaired) electrons. The maximum atomic E-state index is 6.21. The fourth-order valence-corrected chi connectivity index (χ4v) is 5.50. The van der Waals surface area contributed by atoms with E-state index in [1.807, 2.05) is 0 Å². The van der Waals surface area contributed by atoms with Crippen LogP contribution in [0.5, 0.6) is 0 Å². The van der Waals surface area contributed by atoms with Crippen molar-refractivity contribution < 1.29 is 12.9 Å². The first-order valence-electron chi connectivity index (χ1n) is 4.41. The SMILES string of the molecule is CC(C)[CH2][Al]([Cl])[CH2]C(C)C.[Cl][Co][Cl]. The maximum absolute atomic E-state index is 6.21. The van der Waals surface area contributed by atoms with Gasteiger partial charge in [0.1, 0.15) is 0 Å². The molecule has 0 aliphatic heterocycles. The van der Waals surface area contributed by atoms with Crippen LogP contribution in [0.2, 0.25) is 10.6 Å². The fraction of sp³-hybridized carbons (Fsp3) is 1.00. The number of rotatable bonds is 4. The number of hydrogen-bond donors (Lipinski definition) is 0. The van der Waals surface area contributed by atoms with E-state index in [1.165, 1.54) is 10.6 Å². The van der Waals surface area contributed by atoms with Gasteiger partial charge in [0.25, 0.3) is 0 Å². The average Bonchev–Trinajstić information content (AvgIpc) is 1.83. The predicted molar refractivity (Wildman–Crippen MR) is 62.6 cm³/mol. The molecule has 0 fully saturated rings. The molecule has 0 spiro atoms. The van der Waals surface area contributed by atoms with Crippen LogP contribution in [0.4, 0.5) is 0 Å². The predicted octanol–water partition coefficient (Wildman–Crippen LogP) is 4.91. The first kappa shape index (κ1) is 17.3. The van der Waals surface area contributed by atoms with E-state index < -0.39 is 13.2 Å². The molecule has 0 aromatic heterocycles. The van der Waals surface area contributed by atoms with Crippen LogP contribution in [0.1, 0.15) is 27.7 Å². The van der Waals surface area contributed by atoms with Gasteiger partial charge in [-0.3, -0.25) is 10.0 Å². The number of hydrogen-bond acceptors (Lipinski definition) is 0. The van der Waals surface area contributed by atoms with Gasteiger partial charge in [0.15, 0.2) is 0 Å². The van der Waals surface area contributed by atoms with Crippen LogP contribution in [0, 0.1) is 11.8 Å². The summed E-state index contributed by atoms with van der Waals surface area (Å²) in [6.07, 6.45) is 0. The molecule has 0 saturated heterocycles. The van der Waals surface area contributed by atoms with Crippen LogP contribution < -0.4 is 0 Å². The zero-order valence-corrected chi connectivity index (χ0v) is 13.1. The zero-order chi connectivity index (χ0) is 10.9. The van der Waals surface area contributed by atoms with Gasteiger partial charge >= 0.3 is 46.4 Å². The fourth-order valence-electron chi connectivity index (χ4n) is 1.12.